The Hall–Kier alpha value is -2.55. The number of ketones is 1. The summed E-state index contributed by atoms with van der Waals surface area (Å²) in [5.41, 5.74) is 3.15. The molecule has 0 heterocycles. The first-order chi connectivity index (χ1) is 12.1. The second-order valence-electron chi connectivity index (χ2n) is 6.33. The van der Waals surface area contributed by atoms with E-state index < -0.39 is 0 Å². The lowest BCUT2D eigenvalue weighted by atomic mass is 9.89. The molecule has 1 aliphatic carbocycles. The summed E-state index contributed by atoms with van der Waals surface area (Å²) in [7, 11) is 0. The molecule has 1 fully saturated rings. The smallest absolute Gasteiger partial charge is 0.185 e. The summed E-state index contributed by atoms with van der Waals surface area (Å²) >= 11 is 0. The van der Waals surface area contributed by atoms with E-state index in [0.29, 0.717) is 0 Å². The van der Waals surface area contributed by atoms with Crippen molar-refractivity contribution in [1.29, 1.82) is 0 Å². The van der Waals surface area contributed by atoms with Crippen LogP contribution in [0.25, 0.3) is 12.2 Å². The minimum Gasteiger partial charge on any atom is -0.289 e. The highest BCUT2D eigenvalue weighted by atomic mass is 19.1. The van der Waals surface area contributed by atoms with Gasteiger partial charge in [0.2, 0.25) is 0 Å². The van der Waals surface area contributed by atoms with Crippen LogP contribution in [-0.4, -0.2) is 5.78 Å². The van der Waals surface area contributed by atoms with Crippen molar-refractivity contribution in [3.63, 3.8) is 0 Å². The Morgan fingerprint density at radius 3 is 1.44 bits per heavy atom. The molecule has 3 heteroatoms. The van der Waals surface area contributed by atoms with E-state index in [4.69, 9.17) is 0 Å². The number of benzene rings is 2. The fourth-order valence-corrected chi connectivity index (χ4v) is 3.04. The minimum atomic E-state index is -0.289. The van der Waals surface area contributed by atoms with Gasteiger partial charge in [-0.1, -0.05) is 30.7 Å². The summed E-state index contributed by atoms with van der Waals surface area (Å²) in [5, 5.41) is 0. The maximum atomic E-state index is 13.1. The summed E-state index contributed by atoms with van der Waals surface area (Å²) in [5.74, 6) is -0.542. The SMILES string of the molecule is O=C1/C(=C\c2ccc(F)cc2)CCCCC/C1=C/c1ccc(F)cc1. The lowest BCUT2D eigenvalue weighted by Gasteiger charge is -2.15. The topological polar surface area (TPSA) is 17.1 Å². The molecule has 2 aromatic carbocycles. The number of hydrogen-bond acceptors (Lipinski definition) is 1. The number of allylic oxidation sites excluding steroid dienone is 2. The van der Waals surface area contributed by atoms with Gasteiger partial charge >= 0.3 is 0 Å². The molecule has 0 unspecified atom stereocenters. The molecule has 0 saturated heterocycles. The van der Waals surface area contributed by atoms with E-state index in [9.17, 15) is 13.6 Å². The molecule has 0 N–H and O–H groups in total. The predicted octanol–water partition coefficient (Wildman–Crippen LogP) is 5.97. The third-order valence-corrected chi connectivity index (χ3v) is 4.40. The minimum absolute atomic E-state index is 0.0355. The largest absolute Gasteiger partial charge is 0.289 e. The molecule has 0 amide bonds. The molecule has 0 aliphatic heterocycles. The molecule has 25 heavy (non-hydrogen) atoms. The summed E-state index contributed by atoms with van der Waals surface area (Å²) in [6.07, 6.45) is 8.16. The first-order valence-corrected chi connectivity index (χ1v) is 8.59. The van der Waals surface area contributed by atoms with E-state index in [2.05, 4.69) is 0 Å². The fourth-order valence-electron chi connectivity index (χ4n) is 3.04. The molecule has 0 aromatic heterocycles. The van der Waals surface area contributed by atoms with Crippen molar-refractivity contribution >= 4 is 17.9 Å². The molecule has 1 aliphatic rings. The zero-order valence-corrected chi connectivity index (χ0v) is 14.0. The Morgan fingerprint density at radius 2 is 1.04 bits per heavy atom. The summed E-state index contributed by atoms with van der Waals surface area (Å²) in [6.45, 7) is 0. The Labute approximate surface area is 146 Å². The quantitative estimate of drug-likeness (QED) is 0.617. The van der Waals surface area contributed by atoms with Crippen LogP contribution in [0.2, 0.25) is 0 Å². The van der Waals surface area contributed by atoms with Gasteiger partial charge in [0.25, 0.3) is 0 Å². The van der Waals surface area contributed by atoms with Gasteiger partial charge in [0.1, 0.15) is 11.6 Å². The van der Waals surface area contributed by atoms with Gasteiger partial charge in [-0.2, -0.15) is 0 Å². The zero-order chi connectivity index (χ0) is 17.6. The fraction of sp³-hybridized carbons (Fsp3) is 0.227. The number of hydrogen-bond donors (Lipinski definition) is 0. The Balaban J connectivity index is 1.91. The third kappa shape index (κ3) is 4.72. The van der Waals surface area contributed by atoms with E-state index in [1.54, 1.807) is 24.3 Å². The van der Waals surface area contributed by atoms with E-state index in [0.717, 1.165) is 54.4 Å². The van der Waals surface area contributed by atoms with E-state index >= 15 is 0 Å². The van der Waals surface area contributed by atoms with Crippen LogP contribution in [0.15, 0.2) is 59.7 Å². The number of carbonyl (C=O) groups excluding carboxylic acids is 1. The molecule has 128 valence electrons. The van der Waals surface area contributed by atoms with Gasteiger partial charge < -0.3 is 0 Å². The van der Waals surface area contributed by atoms with Gasteiger partial charge in [0.05, 0.1) is 0 Å². The molecule has 1 nitrogen and oxygen atoms in total. The normalized spacial score (nSPS) is 19.0. The molecular formula is C22H20F2O. The maximum Gasteiger partial charge on any atom is 0.185 e. The lowest BCUT2D eigenvalue weighted by Crippen LogP contribution is -2.09. The number of rotatable bonds is 2. The second-order valence-corrected chi connectivity index (χ2v) is 6.33. The molecule has 3 rings (SSSR count). The molecular weight excluding hydrogens is 318 g/mol. The predicted molar refractivity (Wildman–Crippen MR) is 96.8 cm³/mol. The number of Topliss-reactive ketones (excluding diaryl/α,β-unsaturated/α-hetero) is 1. The van der Waals surface area contributed by atoms with Crippen LogP contribution in [0.5, 0.6) is 0 Å². The zero-order valence-electron chi connectivity index (χ0n) is 14.0. The van der Waals surface area contributed by atoms with Crippen molar-refractivity contribution in [3.05, 3.63) is 82.4 Å². The number of carbonyl (C=O) groups is 1. The van der Waals surface area contributed by atoms with Gasteiger partial charge in [0, 0.05) is 11.1 Å². The van der Waals surface area contributed by atoms with Crippen LogP contribution in [0.4, 0.5) is 8.78 Å². The highest BCUT2D eigenvalue weighted by molar-refractivity contribution is 6.13. The average Bonchev–Trinajstić information content (AvgIpc) is 2.61. The van der Waals surface area contributed by atoms with Crippen molar-refractivity contribution in [1.82, 2.24) is 0 Å². The average molecular weight is 338 g/mol. The molecule has 0 atom stereocenters. The lowest BCUT2D eigenvalue weighted by molar-refractivity contribution is -0.112. The van der Waals surface area contributed by atoms with Crippen molar-refractivity contribution in [3.8, 4) is 0 Å². The van der Waals surface area contributed by atoms with E-state index in [1.165, 1.54) is 24.3 Å². The van der Waals surface area contributed by atoms with Gasteiger partial charge in [-0.25, -0.2) is 8.78 Å². The Bertz CT molecular complexity index is 731. The van der Waals surface area contributed by atoms with Gasteiger partial charge in [-0.05, 0) is 73.2 Å². The van der Waals surface area contributed by atoms with Crippen LogP contribution in [0, 0.1) is 11.6 Å². The monoisotopic (exact) mass is 338 g/mol. The van der Waals surface area contributed by atoms with Crippen LogP contribution in [0.3, 0.4) is 0 Å². The van der Waals surface area contributed by atoms with E-state index in [1.807, 2.05) is 12.2 Å². The second kappa shape index (κ2) is 8.02. The summed E-state index contributed by atoms with van der Waals surface area (Å²) in [6, 6.07) is 12.3. The standard InChI is InChI=1S/C22H20F2O/c23-20-10-6-16(7-11-20)14-18-4-2-1-3-5-19(22(18)25)15-17-8-12-21(24)13-9-17/h6-15H,1-5H2/b18-14-,19-15-. The highest BCUT2D eigenvalue weighted by Crippen LogP contribution is 2.26. The van der Waals surface area contributed by atoms with E-state index in [-0.39, 0.29) is 17.4 Å². The maximum absolute atomic E-state index is 13.1. The summed E-state index contributed by atoms with van der Waals surface area (Å²) < 4.78 is 26.1. The van der Waals surface area contributed by atoms with Crippen molar-refractivity contribution in [2.24, 2.45) is 0 Å². The first kappa shape index (κ1) is 17.3. The van der Waals surface area contributed by atoms with Crippen molar-refractivity contribution < 1.29 is 13.6 Å². The Morgan fingerprint density at radius 1 is 0.640 bits per heavy atom. The van der Waals surface area contributed by atoms with Crippen LogP contribution in [0.1, 0.15) is 43.2 Å². The van der Waals surface area contributed by atoms with Crippen LogP contribution >= 0.6 is 0 Å². The highest BCUT2D eigenvalue weighted by Gasteiger charge is 2.17. The van der Waals surface area contributed by atoms with Crippen molar-refractivity contribution in [2.45, 2.75) is 32.1 Å². The van der Waals surface area contributed by atoms with Gasteiger partial charge in [-0.3, -0.25) is 4.79 Å². The van der Waals surface area contributed by atoms with Gasteiger partial charge in [0.15, 0.2) is 5.78 Å². The Kier molecular flexibility index (Phi) is 5.54. The van der Waals surface area contributed by atoms with Crippen molar-refractivity contribution in [2.75, 3.05) is 0 Å². The molecule has 0 radical (unpaired) electrons. The number of halogens is 2. The van der Waals surface area contributed by atoms with Crippen LogP contribution in [-0.2, 0) is 4.79 Å². The van der Waals surface area contributed by atoms with Gasteiger partial charge in [-0.15, -0.1) is 0 Å². The first-order valence-electron chi connectivity index (χ1n) is 8.59. The third-order valence-electron chi connectivity index (χ3n) is 4.40. The summed E-state index contributed by atoms with van der Waals surface area (Å²) in [4.78, 5) is 13.0. The molecule has 2 aromatic rings. The molecule has 0 bridgehead atoms. The van der Waals surface area contributed by atoms with Crippen LogP contribution < -0.4 is 0 Å². The molecule has 0 spiro atoms. The molecule has 1 saturated carbocycles.